The van der Waals surface area contributed by atoms with Gasteiger partial charge in [-0.15, -0.1) is 0 Å². The second-order valence-corrected chi connectivity index (χ2v) is 8.15. The highest BCUT2D eigenvalue weighted by molar-refractivity contribution is 6.41. The zero-order valence-electron chi connectivity index (χ0n) is 18.5. The zero-order valence-corrected chi connectivity index (χ0v) is 18.5. The standard InChI is InChI=1S/C25H26FN3O5/c26-19-11-4-5-12-20(19)29(25(32)24(31)28-17-8-2-1-3-9-17)22(21-13-7-15-34-21)23(30)27-16-18-10-6-14-33-18/h4-7,10-15,17,22H,1-3,8-9,16H2,(H,27,30)(H,28,31)/t22-/m1/s1. The average molecular weight is 467 g/mol. The lowest BCUT2D eigenvalue weighted by Gasteiger charge is -2.30. The monoisotopic (exact) mass is 467 g/mol. The van der Waals surface area contributed by atoms with Crippen LogP contribution in [0, 0.1) is 5.82 Å². The summed E-state index contributed by atoms with van der Waals surface area (Å²) in [7, 11) is 0. The van der Waals surface area contributed by atoms with Crippen molar-refractivity contribution in [1.29, 1.82) is 0 Å². The Labute approximate surface area is 196 Å². The molecule has 1 aliphatic carbocycles. The fraction of sp³-hybridized carbons (Fsp3) is 0.320. The number of amides is 3. The minimum absolute atomic E-state index is 0.0383. The normalized spacial score (nSPS) is 14.9. The number of carbonyl (C=O) groups is 3. The first-order valence-electron chi connectivity index (χ1n) is 11.3. The lowest BCUT2D eigenvalue weighted by Crippen LogP contribution is -2.51. The Morgan fingerprint density at radius 1 is 0.971 bits per heavy atom. The molecule has 2 aromatic heterocycles. The molecule has 0 unspecified atom stereocenters. The highest BCUT2D eigenvalue weighted by atomic mass is 19.1. The Balaban J connectivity index is 1.66. The first kappa shape index (κ1) is 23.3. The van der Waals surface area contributed by atoms with Crippen molar-refractivity contribution in [3.63, 3.8) is 0 Å². The number of nitrogens with one attached hydrogen (secondary N) is 2. The van der Waals surface area contributed by atoms with Gasteiger partial charge in [0.2, 0.25) is 0 Å². The van der Waals surface area contributed by atoms with Gasteiger partial charge in [-0.3, -0.25) is 19.3 Å². The Morgan fingerprint density at radius 2 is 1.71 bits per heavy atom. The summed E-state index contributed by atoms with van der Waals surface area (Å²) in [6, 6.07) is 10.3. The molecule has 0 bridgehead atoms. The summed E-state index contributed by atoms with van der Waals surface area (Å²) >= 11 is 0. The molecule has 1 fully saturated rings. The van der Waals surface area contributed by atoms with Crippen LogP contribution in [0.2, 0.25) is 0 Å². The number of anilines is 1. The minimum Gasteiger partial charge on any atom is -0.467 e. The molecule has 1 aliphatic rings. The molecular formula is C25H26FN3O5. The van der Waals surface area contributed by atoms with E-state index in [1.165, 1.54) is 36.8 Å². The summed E-state index contributed by atoms with van der Waals surface area (Å²) < 4.78 is 25.6. The van der Waals surface area contributed by atoms with Crippen LogP contribution in [0.1, 0.15) is 49.7 Å². The third kappa shape index (κ3) is 5.36. The SMILES string of the molecule is O=C(NC1CCCCC1)C(=O)N(c1ccccc1F)[C@@H](C(=O)NCc1ccco1)c1ccco1. The van der Waals surface area contributed by atoms with Crippen molar-refractivity contribution < 1.29 is 27.6 Å². The number of rotatable bonds is 7. The van der Waals surface area contributed by atoms with Gasteiger partial charge in [0.05, 0.1) is 24.8 Å². The fourth-order valence-electron chi connectivity index (χ4n) is 4.12. The lowest BCUT2D eigenvalue weighted by molar-refractivity contribution is -0.139. The maximum Gasteiger partial charge on any atom is 0.317 e. The zero-order chi connectivity index (χ0) is 23.9. The average Bonchev–Trinajstić information content (AvgIpc) is 3.56. The van der Waals surface area contributed by atoms with Gasteiger partial charge >= 0.3 is 11.8 Å². The quantitative estimate of drug-likeness (QED) is 0.514. The van der Waals surface area contributed by atoms with Crippen LogP contribution >= 0.6 is 0 Å². The van der Waals surface area contributed by atoms with Crippen molar-refractivity contribution in [1.82, 2.24) is 10.6 Å². The third-order valence-corrected chi connectivity index (χ3v) is 5.80. The van der Waals surface area contributed by atoms with Gasteiger partial charge in [-0.1, -0.05) is 31.4 Å². The van der Waals surface area contributed by atoms with E-state index in [1.54, 1.807) is 18.2 Å². The van der Waals surface area contributed by atoms with Crippen molar-refractivity contribution in [2.45, 2.75) is 50.7 Å². The molecule has 1 saturated carbocycles. The van der Waals surface area contributed by atoms with Crippen LogP contribution < -0.4 is 15.5 Å². The van der Waals surface area contributed by atoms with Gasteiger partial charge in [-0.25, -0.2) is 4.39 Å². The van der Waals surface area contributed by atoms with Gasteiger partial charge in [-0.2, -0.15) is 0 Å². The summed E-state index contributed by atoms with van der Waals surface area (Å²) in [6.07, 6.45) is 7.34. The molecule has 9 heteroatoms. The van der Waals surface area contributed by atoms with Crippen LogP contribution in [0.4, 0.5) is 10.1 Å². The molecule has 34 heavy (non-hydrogen) atoms. The van der Waals surface area contributed by atoms with Crippen LogP contribution in [0.25, 0.3) is 0 Å². The highest BCUT2D eigenvalue weighted by Gasteiger charge is 2.39. The number of hydrogen-bond acceptors (Lipinski definition) is 5. The number of carbonyl (C=O) groups excluding carboxylic acids is 3. The van der Waals surface area contributed by atoms with Gasteiger partial charge in [0.1, 0.15) is 17.3 Å². The number of benzene rings is 1. The molecule has 1 atom stereocenters. The van der Waals surface area contributed by atoms with E-state index < -0.39 is 29.6 Å². The smallest absolute Gasteiger partial charge is 0.317 e. The topological polar surface area (TPSA) is 105 Å². The summed E-state index contributed by atoms with van der Waals surface area (Å²) in [5, 5.41) is 5.43. The predicted molar refractivity (Wildman–Crippen MR) is 121 cm³/mol. The number of nitrogens with zero attached hydrogens (tertiary/aromatic N) is 1. The summed E-state index contributed by atoms with van der Waals surface area (Å²) in [5.41, 5.74) is -0.208. The predicted octanol–water partition coefficient (Wildman–Crippen LogP) is 3.85. The van der Waals surface area contributed by atoms with E-state index in [0.29, 0.717) is 5.76 Å². The van der Waals surface area contributed by atoms with Gasteiger partial charge < -0.3 is 19.5 Å². The molecule has 0 spiro atoms. The van der Waals surface area contributed by atoms with E-state index in [1.807, 2.05) is 0 Å². The Hall–Kier alpha value is -3.88. The molecule has 4 rings (SSSR count). The minimum atomic E-state index is -1.42. The maximum atomic E-state index is 14.9. The summed E-state index contributed by atoms with van der Waals surface area (Å²) in [5.74, 6) is -2.79. The molecule has 2 N–H and O–H groups in total. The Morgan fingerprint density at radius 3 is 2.38 bits per heavy atom. The van der Waals surface area contributed by atoms with Crippen molar-refractivity contribution >= 4 is 23.4 Å². The molecule has 8 nitrogen and oxygen atoms in total. The van der Waals surface area contributed by atoms with Gasteiger partial charge in [0.25, 0.3) is 5.91 Å². The molecule has 3 amide bonds. The maximum absolute atomic E-state index is 14.9. The highest BCUT2D eigenvalue weighted by Crippen LogP contribution is 2.31. The molecular weight excluding hydrogens is 441 g/mol. The van der Waals surface area contributed by atoms with Crippen molar-refractivity contribution in [3.05, 3.63) is 78.4 Å². The van der Waals surface area contributed by atoms with E-state index in [0.717, 1.165) is 43.1 Å². The first-order valence-corrected chi connectivity index (χ1v) is 11.3. The fourth-order valence-corrected chi connectivity index (χ4v) is 4.12. The number of para-hydroxylation sites is 1. The van der Waals surface area contributed by atoms with Crippen LogP contribution in [0.5, 0.6) is 0 Å². The Kier molecular flexibility index (Phi) is 7.41. The van der Waals surface area contributed by atoms with Gasteiger partial charge in [-0.05, 0) is 49.2 Å². The van der Waals surface area contributed by atoms with Gasteiger partial charge in [0.15, 0.2) is 6.04 Å². The van der Waals surface area contributed by atoms with Crippen LogP contribution in [-0.2, 0) is 20.9 Å². The Bertz CT molecular complexity index is 1110. The van der Waals surface area contributed by atoms with E-state index >= 15 is 0 Å². The number of halogens is 1. The van der Waals surface area contributed by atoms with E-state index in [9.17, 15) is 18.8 Å². The number of hydrogen-bond donors (Lipinski definition) is 2. The lowest BCUT2D eigenvalue weighted by atomic mass is 9.95. The van der Waals surface area contributed by atoms with Crippen molar-refractivity contribution in [2.75, 3.05) is 4.90 Å². The molecule has 0 radical (unpaired) electrons. The van der Waals surface area contributed by atoms with E-state index in [-0.39, 0.29) is 24.0 Å². The second kappa shape index (κ2) is 10.8. The summed E-state index contributed by atoms with van der Waals surface area (Å²) in [4.78, 5) is 40.6. The van der Waals surface area contributed by atoms with Crippen LogP contribution in [-0.4, -0.2) is 23.8 Å². The first-order chi connectivity index (χ1) is 16.5. The number of furan rings is 2. The second-order valence-electron chi connectivity index (χ2n) is 8.15. The van der Waals surface area contributed by atoms with E-state index in [4.69, 9.17) is 8.83 Å². The molecule has 0 aliphatic heterocycles. The van der Waals surface area contributed by atoms with Crippen molar-refractivity contribution in [3.8, 4) is 0 Å². The molecule has 0 saturated heterocycles. The summed E-state index contributed by atoms with van der Waals surface area (Å²) in [6.45, 7) is 0.0383. The van der Waals surface area contributed by atoms with Crippen LogP contribution in [0.3, 0.4) is 0 Å². The van der Waals surface area contributed by atoms with Crippen molar-refractivity contribution in [2.24, 2.45) is 0 Å². The molecule has 3 aromatic rings. The largest absolute Gasteiger partial charge is 0.467 e. The molecule has 178 valence electrons. The molecule has 1 aromatic carbocycles. The van der Waals surface area contributed by atoms with Gasteiger partial charge in [0, 0.05) is 6.04 Å². The third-order valence-electron chi connectivity index (χ3n) is 5.80. The van der Waals surface area contributed by atoms with E-state index in [2.05, 4.69) is 10.6 Å². The molecule has 2 heterocycles. The van der Waals surface area contributed by atoms with Crippen LogP contribution in [0.15, 0.2) is 69.9 Å².